The van der Waals surface area contributed by atoms with Crippen LogP contribution in [0.1, 0.15) is 48.5 Å². The van der Waals surface area contributed by atoms with E-state index in [0.29, 0.717) is 20.4 Å². The Labute approximate surface area is 253 Å². The number of rotatable bonds is 11. The van der Waals surface area contributed by atoms with Gasteiger partial charge in [-0.1, -0.05) is 6.92 Å². The van der Waals surface area contributed by atoms with Crippen molar-refractivity contribution in [1.82, 2.24) is 15.1 Å². The fourth-order valence-electron chi connectivity index (χ4n) is 4.39. The van der Waals surface area contributed by atoms with E-state index >= 15 is 0 Å². The molecule has 17 heteroatoms. The first-order valence-corrected chi connectivity index (χ1v) is 15.2. The normalized spacial score (nSPS) is 16.4. The first-order valence-electron chi connectivity index (χ1n) is 13.7. The number of aliphatic hydroxyl groups is 1. The lowest BCUT2D eigenvalue weighted by molar-refractivity contribution is -0.242. The van der Waals surface area contributed by atoms with E-state index in [0.717, 1.165) is 4.31 Å². The average molecular weight is 650 g/mol. The molecule has 13 nitrogen and oxygen atoms in total. The molecule has 1 aromatic carbocycles. The zero-order valence-electron chi connectivity index (χ0n) is 25.5. The van der Waals surface area contributed by atoms with Gasteiger partial charge in [-0.3, -0.25) is 19.1 Å². The SMILES string of the molecule is CCn1cc(S(=O)(=O)N2CC(C(C)C(C)(C)NC(C)=O)Oc3ccc(NC(=O)OC(C)(C)C(F)(F)F)cc32)c(OCCO)n1. The van der Waals surface area contributed by atoms with Gasteiger partial charge in [-0.25, -0.2) is 13.2 Å². The fraction of sp³-hybridized carbons (Fsp3) is 0.593. The molecule has 3 rings (SSSR count). The Morgan fingerprint density at radius 2 is 1.89 bits per heavy atom. The lowest BCUT2D eigenvalue weighted by Gasteiger charge is -2.43. The van der Waals surface area contributed by atoms with Gasteiger partial charge in [0.15, 0.2) is 4.90 Å². The number of aromatic nitrogens is 2. The van der Waals surface area contributed by atoms with E-state index in [1.807, 2.05) is 0 Å². The molecule has 0 fully saturated rings. The van der Waals surface area contributed by atoms with Crippen LogP contribution in [0, 0.1) is 5.92 Å². The summed E-state index contributed by atoms with van der Waals surface area (Å²) in [4.78, 5) is 23.9. The van der Waals surface area contributed by atoms with Crippen molar-refractivity contribution in [2.45, 2.75) is 83.3 Å². The van der Waals surface area contributed by atoms with Gasteiger partial charge in [-0.05, 0) is 52.8 Å². The van der Waals surface area contributed by atoms with Crippen LogP contribution in [-0.4, -0.2) is 78.5 Å². The predicted octanol–water partition coefficient (Wildman–Crippen LogP) is 3.67. The number of hydrogen-bond donors (Lipinski definition) is 3. The van der Waals surface area contributed by atoms with Crippen molar-refractivity contribution >= 4 is 33.4 Å². The largest absolute Gasteiger partial charge is 0.486 e. The highest BCUT2D eigenvalue weighted by Gasteiger charge is 2.51. The zero-order chi connectivity index (χ0) is 33.3. The second-order valence-electron chi connectivity index (χ2n) is 11.3. The summed E-state index contributed by atoms with van der Waals surface area (Å²) in [6, 6.07) is 3.92. The monoisotopic (exact) mass is 649 g/mol. The highest BCUT2D eigenvalue weighted by Crippen LogP contribution is 2.42. The minimum Gasteiger partial charge on any atom is -0.486 e. The quantitative estimate of drug-likeness (QED) is 0.330. The second-order valence-corrected chi connectivity index (χ2v) is 13.1. The van der Waals surface area contributed by atoms with Crippen LogP contribution >= 0.6 is 0 Å². The number of fused-ring (bicyclic) bond motifs is 1. The highest BCUT2D eigenvalue weighted by atomic mass is 32.2. The van der Waals surface area contributed by atoms with E-state index in [4.69, 9.17) is 9.47 Å². The van der Waals surface area contributed by atoms with E-state index in [1.54, 1.807) is 27.7 Å². The first kappa shape index (κ1) is 34.8. The number of sulfonamides is 1. The number of amides is 2. The topological polar surface area (TPSA) is 161 Å². The molecule has 0 saturated carbocycles. The molecule has 246 valence electrons. The van der Waals surface area contributed by atoms with Crippen molar-refractivity contribution in [3.63, 3.8) is 0 Å². The van der Waals surface area contributed by atoms with Crippen LogP contribution < -0.4 is 24.4 Å². The molecule has 0 spiro atoms. The number of nitrogens with one attached hydrogen (secondary N) is 2. The highest BCUT2D eigenvalue weighted by molar-refractivity contribution is 7.93. The summed E-state index contributed by atoms with van der Waals surface area (Å²) in [7, 11) is -4.47. The molecule has 1 aliphatic rings. The van der Waals surface area contributed by atoms with Gasteiger partial charge >= 0.3 is 12.3 Å². The Balaban J connectivity index is 2.09. The van der Waals surface area contributed by atoms with Crippen LogP contribution in [0.25, 0.3) is 0 Å². The Bertz CT molecular complexity index is 1480. The van der Waals surface area contributed by atoms with Crippen molar-refractivity contribution in [2.24, 2.45) is 5.92 Å². The van der Waals surface area contributed by atoms with Gasteiger partial charge in [0.2, 0.25) is 11.5 Å². The van der Waals surface area contributed by atoms with Gasteiger partial charge < -0.3 is 24.6 Å². The van der Waals surface area contributed by atoms with E-state index in [9.17, 15) is 36.3 Å². The fourth-order valence-corrected chi connectivity index (χ4v) is 5.95. The minimum atomic E-state index is -4.84. The molecule has 1 aromatic heterocycles. The van der Waals surface area contributed by atoms with E-state index in [1.165, 1.54) is 36.0 Å². The predicted molar refractivity (Wildman–Crippen MR) is 153 cm³/mol. The summed E-state index contributed by atoms with van der Waals surface area (Å²) >= 11 is 0. The van der Waals surface area contributed by atoms with Crippen molar-refractivity contribution < 1.29 is 50.5 Å². The van der Waals surface area contributed by atoms with E-state index in [2.05, 4.69) is 20.5 Å². The second kappa shape index (κ2) is 12.7. The summed E-state index contributed by atoms with van der Waals surface area (Å²) in [5, 5.41) is 18.4. The lowest BCUT2D eigenvalue weighted by atomic mass is 9.84. The summed E-state index contributed by atoms with van der Waals surface area (Å²) in [5.74, 6) is -0.899. The molecule has 44 heavy (non-hydrogen) atoms. The first-order chi connectivity index (χ1) is 20.2. The van der Waals surface area contributed by atoms with Crippen LogP contribution in [0.2, 0.25) is 0 Å². The molecule has 0 radical (unpaired) electrons. The standard InChI is InChI=1S/C27H38F3N5O8S/c1-8-34-15-22(23(33-34)41-12-11-36)44(39,40)35-14-21(16(2)25(4,5)32-17(3)37)42-20-10-9-18(13-19(20)35)31-24(38)43-26(6,7)27(28,29)30/h9-10,13,15-16,21,36H,8,11-12,14H2,1-7H3,(H,31,38)(H,32,37). The van der Waals surface area contributed by atoms with Gasteiger partial charge in [0.05, 0.1) is 18.8 Å². The number of carbonyl (C=O) groups excluding carboxylic acids is 2. The van der Waals surface area contributed by atoms with Gasteiger partial charge in [0.25, 0.3) is 15.9 Å². The maximum atomic E-state index is 14.3. The van der Waals surface area contributed by atoms with Gasteiger partial charge in [-0.2, -0.15) is 13.2 Å². The third-order valence-electron chi connectivity index (χ3n) is 7.24. The summed E-state index contributed by atoms with van der Waals surface area (Å²) in [5.41, 5.74) is -3.72. The van der Waals surface area contributed by atoms with Crippen LogP contribution in [0.5, 0.6) is 11.6 Å². The van der Waals surface area contributed by atoms with Crippen LogP contribution in [0.4, 0.5) is 29.3 Å². The molecule has 1 aliphatic heterocycles. The van der Waals surface area contributed by atoms with E-state index < -0.39 is 52.1 Å². The maximum Gasteiger partial charge on any atom is 0.427 e. The molecule has 2 aromatic rings. The number of benzene rings is 1. The summed E-state index contributed by atoms with van der Waals surface area (Å²) < 4.78 is 86.8. The van der Waals surface area contributed by atoms with E-state index in [-0.39, 0.29) is 47.0 Å². The Morgan fingerprint density at radius 3 is 2.45 bits per heavy atom. The molecule has 2 amide bonds. The Hall–Kier alpha value is -3.73. The maximum absolute atomic E-state index is 14.3. The molecule has 2 atom stereocenters. The van der Waals surface area contributed by atoms with Crippen LogP contribution in [0.3, 0.4) is 0 Å². The smallest absolute Gasteiger partial charge is 0.427 e. The molecule has 0 bridgehead atoms. The van der Waals surface area contributed by atoms with Gasteiger partial charge in [0, 0.05) is 36.8 Å². The van der Waals surface area contributed by atoms with Crippen LogP contribution in [0.15, 0.2) is 29.3 Å². The number of hydrogen-bond acceptors (Lipinski definition) is 9. The Morgan fingerprint density at radius 1 is 1.23 bits per heavy atom. The summed E-state index contributed by atoms with van der Waals surface area (Å²) in [6.07, 6.45) is -5.77. The molecule has 3 N–H and O–H groups in total. The number of aliphatic hydroxyl groups excluding tert-OH is 1. The molecule has 2 heterocycles. The number of nitrogens with zero attached hydrogens (tertiary/aromatic N) is 3. The van der Waals surface area contributed by atoms with Crippen molar-refractivity contribution in [3.8, 4) is 11.6 Å². The number of halogens is 3. The number of alkyl halides is 3. The number of aryl methyl sites for hydroxylation is 1. The van der Waals surface area contributed by atoms with Crippen LogP contribution in [-0.2, 0) is 26.1 Å². The average Bonchev–Trinajstić information content (AvgIpc) is 3.33. The molecular formula is C27H38F3N5O8S. The third kappa shape index (κ3) is 7.49. The summed E-state index contributed by atoms with van der Waals surface area (Å²) in [6.45, 7) is 9.23. The number of ether oxygens (including phenoxy) is 3. The van der Waals surface area contributed by atoms with Crippen molar-refractivity contribution in [1.29, 1.82) is 0 Å². The molecule has 0 saturated heterocycles. The Kier molecular flexibility index (Phi) is 10.0. The molecular weight excluding hydrogens is 611 g/mol. The van der Waals surface area contributed by atoms with Gasteiger partial charge in [0.1, 0.15) is 18.5 Å². The lowest BCUT2D eigenvalue weighted by Crippen LogP contribution is -2.56. The number of carbonyl (C=O) groups is 2. The molecule has 2 unspecified atom stereocenters. The van der Waals surface area contributed by atoms with Gasteiger partial charge in [-0.15, -0.1) is 5.10 Å². The minimum absolute atomic E-state index is 0.0315. The third-order valence-corrected chi connectivity index (χ3v) is 9.00. The van der Waals surface area contributed by atoms with Crippen molar-refractivity contribution in [3.05, 3.63) is 24.4 Å². The number of anilines is 2. The zero-order valence-corrected chi connectivity index (χ0v) is 26.3. The molecule has 0 aliphatic carbocycles. The van der Waals surface area contributed by atoms with Crippen molar-refractivity contribution in [2.75, 3.05) is 29.4 Å².